The van der Waals surface area contributed by atoms with Gasteiger partial charge in [0.2, 0.25) is 0 Å². The molecule has 1 aliphatic heterocycles. The zero-order chi connectivity index (χ0) is 10.7. The van der Waals surface area contributed by atoms with Crippen molar-refractivity contribution in [3.63, 3.8) is 0 Å². The van der Waals surface area contributed by atoms with E-state index >= 15 is 0 Å². The van der Waals surface area contributed by atoms with Crippen LogP contribution in [-0.4, -0.2) is 24.1 Å². The molecule has 1 aromatic heterocycles. The SMILES string of the molecule is Clc1cncc(Cl)c1N[C@@H]1CCCNC1. The van der Waals surface area contributed by atoms with Crippen LogP contribution in [0.5, 0.6) is 0 Å². The average molecular weight is 246 g/mol. The molecule has 0 unspecified atom stereocenters. The molecule has 2 N–H and O–H groups in total. The summed E-state index contributed by atoms with van der Waals surface area (Å²) in [4.78, 5) is 3.92. The van der Waals surface area contributed by atoms with E-state index in [9.17, 15) is 0 Å². The number of piperidine rings is 1. The first-order valence-electron chi connectivity index (χ1n) is 5.03. The minimum absolute atomic E-state index is 0.399. The highest BCUT2D eigenvalue weighted by Crippen LogP contribution is 2.29. The molecule has 82 valence electrons. The number of nitrogens with one attached hydrogen (secondary N) is 2. The summed E-state index contributed by atoms with van der Waals surface area (Å²) in [7, 11) is 0. The Morgan fingerprint density at radius 1 is 1.33 bits per heavy atom. The molecule has 1 atom stereocenters. The van der Waals surface area contributed by atoms with Gasteiger partial charge in [0.1, 0.15) is 0 Å². The van der Waals surface area contributed by atoms with Crippen LogP contribution in [0.4, 0.5) is 5.69 Å². The number of hydrogen-bond acceptors (Lipinski definition) is 3. The van der Waals surface area contributed by atoms with Crippen molar-refractivity contribution in [2.24, 2.45) is 0 Å². The lowest BCUT2D eigenvalue weighted by atomic mass is 10.1. The van der Waals surface area contributed by atoms with Crippen molar-refractivity contribution >= 4 is 28.9 Å². The normalized spacial score (nSPS) is 21.3. The molecule has 1 aromatic rings. The van der Waals surface area contributed by atoms with Gasteiger partial charge in [0, 0.05) is 25.0 Å². The van der Waals surface area contributed by atoms with Crippen LogP contribution in [0.15, 0.2) is 12.4 Å². The van der Waals surface area contributed by atoms with Crippen LogP contribution in [0, 0.1) is 0 Å². The molecular formula is C10H13Cl2N3. The summed E-state index contributed by atoms with van der Waals surface area (Å²) < 4.78 is 0. The summed E-state index contributed by atoms with van der Waals surface area (Å²) in [6, 6.07) is 0.399. The number of aromatic nitrogens is 1. The first kappa shape index (κ1) is 11.0. The van der Waals surface area contributed by atoms with Gasteiger partial charge in [0.25, 0.3) is 0 Å². The molecule has 1 fully saturated rings. The average Bonchev–Trinajstić information content (AvgIpc) is 2.25. The molecule has 2 rings (SSSR count). The molecule has 0 aromatic carbocycles. The van der Waals surface area contributed by atoms with Crippen molar-refractivity contribution in [3.05, 3.63) is 22.4 Å². The second kappa shape index (κ2) is 5.01. The number of hydrogen-bond donors (Lipinski definition) is 2. The molecule has 5 heteroatoms. The molecule has 1 aliphatic rings. The van der Waals surface area contributed by atoms with E-state index in [2.05, 4.69) is 15.6 Å². The molecule has 3 nitrogen and oxygen atoms in total. The van der Waals surface area contributed by atoms with E-state index in [1.165, 1.54) is 6.42 Å². The van der Waals surface area contributed by atoms with Gasteiger partial charge in [0.05, 0.1) is 15.7 Å². The van der Waals surface area contributed by atoms with Crippen molar-refractivity contribution in [2.75, 3.05) is 18.4 Å². The molecule has 0 radical (unpaired) electrons. The summed E-state index contributed by atoms with van der Waals surface area (Å²) in [5.74, 6) is 0. The van der Waals surface area contributed by atoms with E-state index in [1.54, 1.807) is 12.4 Å². The van der Waals surface area contributed by atoms with Crippen LogP contribution in [-0.2, 0) is 0 Å². The van der Waals surface area contributed by atoms with Crippen LogP contribution >= 0.6 is 23.2 Å². The van der Waals surface area contributed by atoms with Gasteiger partial charge in [-0.2, -0.15) is 0 Å². The molecule has 2 heterocycles. The fourth-order valence-corrected chi connectivity index (χ4v) is 2.20. The van der Waals surface area contributed by atoms with Crippen LogP contribution in [0.2, 0.25) is 10.0 Å². The van der Waals surface area contributed by atoms with Gasteiger partial charge in [-0.05, 0) is 19.4 Å². The lowest BCUT2D eigenvalue weighted by Crippen LogP contribution is -2.38. The van der Waals surface area contributed by atoms with Crippen LogP contribution in [0.3, 0.4) is 0 Å². The van der Waals surface area contributed by atoms with Crippen LogP contribution < -0.4 is 10.6 Å². The van der Waals surface area contributed by atoms with E-state index in [0.29, 0.717) is 16.1 Å². The van der Waals surface area contributed by atoms with E-state index in [-0.39, 0.29) is 0 Å². The van der Waals surface area contributed by atoms with Gasteiger partial charge in [-0.25, -0.2) is 0 Å². The van der Waals surface area contributed by atoms with Gasteiger partial charge in [-0.1, -0.05) is 23.2 Å². The predicted molar refractivity (Wildman–Crippen MR) is 63.8 cm³/mol. The summed E-state index contributed by atoms with van der Waals surface area (Å²) in [6.45, 7) is 2.05. The molecule has 0 bridgehead atoms. The van der Waals surface area contributed by atoms with Gasteiger partial charge >= 0.3 is 0 Å². The molecule has 0 spiro atoms. The maximum Gasteiger partial charge on any atom is 0.0836 e. The highest BCUT2D eigenvalue weighted by atomic mass is 35.5. The Hall–Kier alpha value is -0.510. The minimum Gasteiger partial charge on any atom is -0.379 e. The van der Waals surface area contributed by atoms with E-state index in [4.69, 9.17) is 23.2 Å². The highest BCUT2D eigenvalue weighted by Gasteiger charge is 2.15. The largest absolute Gasteiger partial charge is 0.379 e. The predicted octanol–water partition coefficient (Wildman–Crippen LogP) is 2.55. The maximum atomic E-state index is 6.02. The number of anilines is 1. The van der Waals surface area contributed by atoms with E-state index < -0.39 is 0 Å². The molecule has 0 saturated carbocycles. The maximum absolute atomic E-state index is 6.02. The Balaban J connectivity index is 2.09. The number of halogens is 2. The van der Waals surface area contributed by atoms with Crippen molar-refractivity contribution < 1.29 is 0 Å². The minimum atomic E-state index is 0.399. The van der Waals surface area contributed by atoms with Crippen LogP contribution in [0.25, 0.3) is 0 Å². The smallest absolute Gasteiger partial charge is 0.0836 e. The third kappa shape index (κ3) is 2.74. The lowest BCUT2D eigenvalue weighted by molar-refractivity contribution is 0.480. The van der Waals surface area contributed by atoms with Crippen LogP contribution in [0.1, 0.15) is 12.8 Å². The third-order valence-electron chi connectivity index (χ3n) is 2.50. The molecule has 15 heavy (non-hydrogen) atoms. The summed E-state index contributed by atoms with van der Waals surface area (Å²) in [5.41, 5.74) is 0.794. The van der Waals surface area contributed by atoms with E-state index in [0.717, 1.165) is 25.2 Å². The Morgan fingerprint density at radius 3 is 2.67 bits per heavy atom. The molecular weight excluding hydrogens is 233 g/mol. The Kier molecular flexibility index (Phi) is 3.67. The third-order valence-corrected chi connectivity index (χ3v) is 3.07. The molecule has 0 amide bonds. The lowest BCUT2D eigenvalue weighted by Gasteiger charge is -2.25. The highest BCUT2D eigenvalue weighted by molar-refractivity contribution is 6.38. The van der Waals surface area contributed by atoms with Crippen molar-refractivity contribution in [1.82, 2.24) is 10.3 Å². The standard InChI is InChI=1S/C10H13Cl2N3/c11-8-5-14-6-9(12)10(8)15-7-2-1-3-13-4-7/h5-7,13H,1-4H2,(H,14,15)/t7-/m1/s1. The summed E-state index contributed by atoms with van der Waals surface area (Å²) in [5, 5.41) is 7.83. The Labute approximate surface area is 99.2 Å². The quantitative estimate of drug-likeness (QED) is 0.842. The summed E-state index contributed by atoms with van der Waals surface area (Å²) in [6.07, 6.45) is 5.53. The zero-order valence-electron chi connectivity index (χ0n) is 8.26. The van der Waals surface area contributed by atoms with Crippen molar-refractivity contribution in [3.8, 4) is 0 Å². The fourth-order valence-electron chi connectivity index (χ4n) is 1.73. The Bertz CT molecular complexity index is 317. The van der Waals surface area contributed by atoms with Crippen molar-refractivity contribution in [1.29, 1.82) is 0 Å². The first-order valence-corrected chi connectivity index (χ1v) is 5.79. The Morgan fingerprint density at radius 2 is 2.07 bits per heavy atom. The second-order valence-electron chi connectivity index (χ2n) is 3.67. The van der Waals surface area contributed by atoms with Gasteiger partial charge < -0.3 is 10.6 Å². The first-order chi connectivity index (χ1) is 7.27. The monoisotopic (exact) mass is 245 g/mol. The van der Waals surface area contributed by atoms with Gasteiger partial charge in [-0.15, -0.1) is 0 Å². The topological polar surface area (TPSA) is 37.0 Å². The number of nitrogens with zero attached hydrogens (tertiary/aromatic N) is 1. The van der Waals surface area contributed by atoms with Gasteiger partial charge in [0.15, 0.2) is 0 Å². The number of rotatable bonds is 2. The summed E-state index contributed by atoms with van der Waals surface area (Å²) >= 11 is 12.0. The van der Waals surface area contributed by atoms with Gasteiger partial charge in [-0.3, -0.25) is 4.98 Å². The van der Waals surface area contributed by atoms with E-state index in [1.807, 2.05) is 0 Å². The number of pyridine rings is 1. The molecule has 1 saturated heterocycles. The van der Waals surface area contributed by atoms with Crippen molar-refractivity contribution in [2.45, 2.75) is 18.9 Å². The second-order valence-corrected chi connectivity index (χ2v) is 4.48. The zero-order valence-corrected chi connectivity index (χ0v) is 9.78. The fraction of sp³-hybridized carbons (Fsp3) is 0.500. The molecule has 0 aliphatic carbocycles.